The van der Waals surface area contributed by atoms with Crippen molar-refractivity contribution in [2.75, 3.05) is 26.9 Å². The number of hydrogen-bond acceptors (Lipinski definition) is 4. The second kappa shape index (κ2) is 11.4. The molecule has 2 aromatic carbocycles. The van der Waals surface area contributed by atoms with Crippen molar-refractivity contribution < 1.29 is 23.5 Å². The Morgan fingerprint density at radius 1 is 1.11 bits per heavy atom. The molecular formula is C20H22BrFN2O4. The van der Waals surface area contributed by atoms with E-state index in [0.29, 0.717) is 30.0 Å². The van der Waals surface area contributed by atoms with E-state index in [-0.39, 0.29) is 24.4 Å². The van der Waals surface area contributed by atoms with Crippen LogP contribution in [0.4, 0.5) is 4.39 Å². The molecule has 0 spiro atoms. The van der Waals surface area contributed by atoms with Gasteiger partial charge >= 0.3 is 0 Å². The van der Waals surface area contributed by atoms with Crippen LogP contribution in [0, 0.1) is 5.82 Å². The first-order valence-electron chi connectivity index (χ1n) is 8.70. The van der Waals surface area contributed by atoms with Crippen LogP contribution in [-0.2, 0) is 16.1 Å². The molecule has 2 N–H and O–H groups in total. The summed E-state index contributed by atoms with van der Waals surface area (Å²) in [6.45, 7) is 1.45. The Balaban J connectivity index is 1.73. The van der Waals surface area contributed by atoms with Crippen LogP contribution >= 0.6 is 15.9 Å². The molecule has 0 saturated carbocycles. The standard InChI is InChI=1S/C20H22BrFN2O4/c1-27-9-10-28-16-4-2-3-14(11-16)13-24-19(25)7-8-23-20(26)17-12-15(22)5-6-18(17)21/h2-6,11-12H,7-10,13H2,1H3,(H,23,26)(H,24,25). The molecule has 0 aliphatic heterocycles. The lowest BCUT2D eigenvalue weighted by Gasteiger charge is -2.10. The van der Waals surface area contributed by atoms with Gasteiger partial charge in [0, 0.05) is 31.1 Å². The summed E-state index contributed by atoms with van der Waals surface area (Å²) >= 11 is 3.20. The molecule has 0 aliphatic rings. The Kier molecular flexibility index (Phi) is 8.90. The van der Waals surface area contributed by atoms with Gasteiger partial charge in [-0.15, -0.1) is 0 Å². The van der Waals surface area contributed by atoms with E-state index in [4.69, 9.17) is 9.47 Å². The largest absolute Gasteiger partial charge is 0.491 e. The van der Waals surface area contributed by atoms with Gasteiger partial charge < -0.3 is 20.1 Å². The van der Waals surface area contributed by atoms with Crippen LogP contribution in [-0.4, -0.2) is 38.7 Å². The van der Waals surface area contributed by atoms with Gasteiger partial charge in [-0.3, -0.25) is 9.59 Å². The summed E-state index contributed by atoms with van der Waals surface area (Å²) in [7, 11) is 1.61. The lowest BCUT2D eigenvalue weighted by molar-refractivity contribution is -0.121. The lowest BCUT2D eigenvalue weighted by Crippen LogP contribution is -2.30. The molecular weight excluding hydrogens is 431 g/mol. The average Bonchev–Trinajstić information content (AvgIpc) is 2.68. The number of ether oxygens (including phenoxy) is 2. The third-order valence-electron chi connectivity index (χ3n) is 3.75. The molecule has 8 heteroatoms. The summed E-state index contributed by atoms with van der Waals surface area (Å²) < 4.78 is 24.2. The SMILES string of the molecule is COCCOc1cccc(CNC(=O)CCNC(=O)c2cc(F)ccc2Br)c1. The van der Waals surface area contributed by atoms with Crippen LogP contribution in [0.3, 0.4) is 0 Å². The quantitative estimate of drug-likeness (QED) is 0.543. The number of benzene rings is 2. The monoisotopic (exact) mass is 452 g/mol. The molecule has 0 atom stereocenters. The highest BCUT2D eigenvalue weighted by Gasteiger charge is 2.11. The van der Waals surface area contributed by atoms with E-state index in [0.717, 1.165) is 11.6 Å². The fourth-order valence-electron chi connectivity index (χ4n) is 2.33. The third kappa shape index (κ3) is 7.28. The fraction of sp³-hybridized carbons (Fsp3) is 0.300. The Morgan fingerprint density at radius 3 is 2.71 bits per heavy atom. The number of carbonyl (C=O) groups excluding carboxylic acids is 2. The summed E-state index contributed by atoms with van der Waals surface area (Å²) in [4.78, 5) is 24.0. The number of rotatable bonds is 10. The van der Waals surface area contributed by atoms with E-state index >= 15 is 0 Å². The van der Waals surface area contributed by atoms with E-state index in [9.17, 15) is 14.0 Å². The Morgan fingerprint density at radius 2 is 1.93 bits per heavy atom. The van der Waals surface area contributed by atoms with Crippen LogP contribution in [0.2, 0.25) is 0 Å². The predicted molar refractivity (Wildman–Crippen MR) is 107 cm³/mol. The van der Waals surface area contributed by atoms with Crippen molar-refractivity contribution in [1.29, 1.82) is 0 Å². The van der Waals surface area contributed by atoms with Gasteiger partial charge in [0.15, 0.2) is 0 Å². The smallest absolute Gasteiger partial charge is 0.252 e. The fourth-order valence-corrected chi connectivity index (χ4v) is 2.76. The van der Waals surface area contributed by atoms with E-state index in [2.05, 4.69) is 26.6 Å². The molecule has 0 unspecified atom stereocenters. The molecule has 0 radical (unpaired) electrons. The highest BCUT2D eigenvalue weighted by atomic mass is 79.9. The van der Waals surface area contributed by atoms with Gasteiger partial charge in [0.05, 0.1) is 12.2 Å². The average molecular weight is 453 g/mol. The topological polar surface area (TPSA) is 76.7 Å². The van der Waals surface area contributed by atoms with Crippen molar-refractivity contribution in [2.24, 2.45) is 0 Å². The van der Waals surface area contributed by atoms with E-state index in [1.807, 2.05) is 24.3 Å². The highest BCUT2D eigenvalue weighted by molar-refractivity contribution is 9.10. The number of methoxy groups -OCH3 is 1. The van der Waals surface area contributed by atoms with E-state index in [1.165, 1.54) is 12.1 Å². The van der Waals surface area contributed by atoms with E-state index < -0.39 is 11.7 Å². The van der Waals surface area contributed by atoms with Crippen LogP contribution < -0.4 is 15.4 Å². The van der Waals surface area contributed by atoms with E-state index in [1.54, 1.807) is 7.11 Å². The molecule has 6 nitrogen and oxygen atoms in total. The summed E-state index contributed by atoms with van der Waals surface area (Å²) in [6.07, 6.45) is 0.114. The van der Waals surface area contributed by atoms with Gasteiger partial charge in [-0.2, -0.15) is 0 Å². The summed E-state index contributed by atoms with van der Waals surface area (Å²) in [5.74, 6) is -0.444. The zero-order valence-electron chi connectivity index (χ0n) is 15.5. The van der Waals surface area contributed by atoms with Gasteiger partial charge in [0.25, 0.3) is 5.91 Å². The van der Waals surface area contributed by atoms with Gasteiger partial charge in [-0.1, -0.05) is 12.1 Å². The summed E-state index contributed by atoms with van der Waals surface area (Å²) in [5.41, 5.74) is 1.08. The van der Waals surface area contributed by atoms with Crippen molar-refractivity contribution in [3.05, 3.63) is 63.9 Å². The van der Waals surface area contributed by atoms with Crippen molar-refractivity contribution in [1.82, 2.24) is 10.6 Å². The van der Waals surface area contributed by atoms with Gasteiger partial charge in [0.2, 0.25) is 5.91 Å². The maximum atomic E-state index is 13.3. The van der Waals surface area contributed by atoms with Gasteiger partial charge in [-0.05, 0) is 51.8 Å². The second-order valence-corrected chi connectivity index (χ2v) is 6.75. The highest BCUT2D eigenvalue weighted by Crippen LogP contribution is 2.17. The van der Waals surface area contributed by atoms with Gasteiger partial charge in [0.1, 0.15) is 18.2 Å². The molecule has 28 heavy (non-hydrogen) atoms. The van der Waals surface area contributed by atoms with Crippen molar-refractivity contribution in [2.45, 2.75) is 13.0 Å². The van der Waals surface area contributed by atoms with Crippen molar-refractivity contribution >= 4 is 27.7 Å². The molecule has 0 aromatic heterocycles. The molecule has 150 valence electrons. The molecule has 0 heterocycles. The molecule has 2 amide bonds. The maximum absolute atomic E-state index is 13.3. The Bertz CT molecular complexity index is 817. The van der Waals surface area contributed by atoms with Crippen LogP contribution in [0.5, 0.6) is 5.75 Å². The number of carbonyl (C=O) groups is 2. The third-order valence-corrected chi connectivity index (χ3v) is 4.45. The first-order valence-corrected chi connectivity index (χ1v) is 9.49. The minimum atomic E-state index is -0.500. The lowest BCUT2D eigenvalue weighted by atomic mass is 10.2. The predicted octanol–water partition coefficient (Wildman–Crippen LogP) is 3.05. The van der Waals surface area contributed by atoms with Gasteiger partial charge in [-0.25, -0.2) is 4.39 Å². The Labute approximate surface area is 171 Å². The van der Waals surface area contributed by atoms with Crippen molar-refractivity contribution in [3.8, 4) is 5.75 Å². The molecule has 2 aromatic rings. The molecule has 0 aliphatic carbocycles. The zero-order chi connectivity index (χ0) is 20.4. The molecule has 0 saturated heterocycles. The molecule has 2 rings (SSSR count). The summed E-state index contributed by atoms with van der Waals surface area (Å²) in [6, 6.07) is 11.3. The molecule has 0 fully saturated rings. The molecule has 0 bridgehead atoms. The van der Waals surface area contributed by atoms with Crippen LogP contribution in [0.1, 0.15) is 22.3 Å². The summed E-state index contributed by atoms with van der Waals surface area (Å²) in [5, 5.41) is 5.39. The number of nitrogens with one attached hydrogen (secondary N) is 2. The maximum Gasteiger partial charge on any atom is 0.252 e. The van der Waals surface area contributed by atoms with Crippen LogP contribution in [0.15, 0.2) is 46.9 Å². The van der Waals surface area contributed by atoms with Crippen molar-refractivity contribution in [3.63, 3.8) is 0 Å². The first kappa shape index (κ1) is 21.8. The normalized spacial score (nSPS) is 10.4. The zero-order valence-corrected chi connectivity index (χ0v) is 17.1. The number of halogens is 2. The minimum Gasteiger partial charge on any atom is -0.491 e. The number of hydrogen-bond donors (Lipinski definition) is 2. The Hall–Kier alpha value is -2.45. The first-order chi connectivity index (χ1) is 13.5. The minimum absolute atomic E-state index is 0.114. The number of amides is 2. The second-order valence-electron chi connectivity index (χ2n) is 5.90. The van der Waals surface area contributed by atoms with Crippen LogP contribution in [0.25, 0.3) is 0 Å².